The van der Waals surface area contributed by atoms with Gasteiger partial charge in [-0.05, 0) is 47.5 Å². The van der Waals surface area contributed by atoms with E-state index < -0.39 is 24.3 Å². The van der Waals surface area contributed by atoms with Gasteiger partial charge in [-0.15, -0.1) is 0 Å². The quantitative estimate of drug-likeness (QED) is 0.787. The summed E-state index contributed by atoms with van der Waals surface area (Å²) in [5.74, 6) is -0.0308. The predicted octanol–water partition coefficient (Wildman–Crippen LogP) is 2.15. The van der Waals surface area contributed by atoms with Crippen LogP contribution in [-0.2, 0) is 9.53 Å². The number of aliphatic hydroxyl groups is 1. The molecule has 0 aliphatic carbocycles. The smallest absolute Gasteiger partial charge is 0.408 e. The van der Waals surface area contributed by atoms with Crippen LogP contribution in [0.25, 0.3) is 0 Å². The third kappa shape index (κ3) is 6.64. The van der Waals surface area contributed by atoms with Gasteiger partial charge in [-0.3, -0.25) is 4.79 Å². The topological polar surface area (TPSA) is 78.9 Å². The van der Waals surface area contributed by atoms with Crippen LogP contribution >= 0.6 is 0 Å². The Morgan fingerprint density at radius 3 is 1.95 bits per heavy atom. The zero-order valence-corrected chi connectivity index (χ0v) is 15.1. The molecule has 2 atom stereocenters. The summed E-state index contributed by atoms with van der Waals surface area (Å²) >= 11 is 0. The Bertz CT molecular complexity index is 375. The van der Waals surface area contributed by atoms with Gasteiger partial charge in [0.15, 0.2) is 0 Å². The second kappa shape index (κ2) is 8.36. The molecule has 0 fully saturated rings. The molecule has 6 heteroatoms. The van der Waals surface area contributed by atoms with Crippen LogP contribution in [-0.4, -0.2) is 52.3 Å². The Labute approximate surface area is 134 Å². The number of alkyl carbamates (subject to hydrolysis) is 1. The number of nitrogens with zero attached hydrogens (tertiary/aromatic N) is 1. The van der Waals surface area contributed by atoms with Crippen LogP contribution in [0.2, 0.25) is 0 Å². The van der Waals surface area contributed by atoms with Crippen molar-refractivity contribution < 1.29 is 19.4 Å². The summed E-state index contributed by atoms with van der Waals surface area (Å²) in [5, 5.41) is 11.9. The number of rotatable bonds is 6. The third-order valence-corrected chi connectivity index (χ3v) is 3.39. The second-order valence-electron chi connectivity index (χ2n) is 7.21. The Hall–Kier alpha value is -1.30. The Balaban J connectivity index is 5.04. The molecule has 0 aromatic carbocycles. The van der Waals surface area contributed by atoms with Crippen molar-refractivity contribution in [3.63, 3.8) is 0 Å². The van der Waals surface area contributed by atoms with E-state index in [1.54, 1.807) is 25.7 Å². The fraction of sp³-hybridized carbons (Fsp3) is 0.875. The Kier molecular flexibility index (Phi) is 7.87. The van der Waals surface area contributed by atoms with Gasteiger partial charge in [0, 0.05) is 12.1 Å². The van der Waals surface area contributed by atoms with Gasteiger partial charge < -0.3 is 20.1 Å². The standard InChI is InChI=1S/C16H32N2O4/c1-10(2)12(5)18(11(3)4)14(20)13(9-19)17-15(21)22-16(6,7)8/h10-13,19H,9H2,1-8H3,(H,17,21). The van der Waals surface area contributed by atoms with Gasteiger partial charge in [-0.2, -0.15) is 0 Å². The number of aliphatic hydroxyl groups excluding tert-OH is 1. The first-order valence-electron chi connectivity index (χ1n) is 7.83. The van der Waals surface area contributed by atoms with Crippen molar-refractivity contribution in [2.45, 2.75) is 79.1 Å². The monoisotopic (exact) mass is 316 g/mol. The molecule has 0 aromatic heterocycles. The third-order valence-electron chi connectivity index (χ3n) is 3.39. The van der Waals surface area contributed by atoms with E-state index in [0.29, 0.717) is 0 Å². The van der Waals surface area contributed by atoms with Gasteiger partial charge in [0.2, 0.25) is 5.91 Å². The molecule has 22 heavy (non-hydrogen) atoms. The Morgan fingerprint density at radius 2 is 1.64 bits per heavy atom. The fourth-order valence-electron chi connectivity index (χ4n) is 2.06. The van der Waals surface area contributed by atoms with Gasteiger partial charge in [0.05, 0.1) is 6.61 Å². The molecule has 0 aliphatic rings. The molecule has 0 rings (SSSR count). The van der Waals surface area contributed by atoms with Crippen molar-refractivity contribution in [1.82, 2.24) is 10.2 Å². The summed E-state index contributed by atoms with van der Waals surface area (Å²) in [7, 11) is 0. The van der Waals surface area contributed by atoms with E-state index in [-0.39, 0.29) is 23.9 Å². The zero-order valence-electron chi connectivity index (χ0n) is 15.1. The molecule has 2 amide bonds. The minimum absolute atomic E-state index is 0.00184. The van der Waals surface area contributed by atoms with E-state index in [9.17, 15) is 14.7 Å². The molecular formula is C16H32N2O4. The fourth-order valence-corrected chi connectivity index (χ4v) is 2.06. The average molecular weight is 316 g/mol. The number of amides is 2. The number of hydrogen-bond acceptors (Lipinski definition) is 4. The molecule has 0 saturated heterocycles. The highest BCUT2D eigenvalue weighted by molar-refractivity contribution is 5.86. The van der Waals surface area contributed by atoms with Crippen molar-refractivity contribution >= 4 is 12.0 Å². The molecule has 0 aliphatic heterocycles. The maximum atomic E-state index is 12.7. The summed E-state index contributed by atoms with van der Waals surface area (Å²) in [6.07, 6.45) is -0.708. The van der Waals surface area contributed by atoms with Crippen molar-refractivity contribution in [1.29, 1.82) is 0 Å². The lowest BCUT2D eigenvalue weighted by atomic mass is 10.0. The normalized spacial score (nSPS) is 14.7. The van der Waals surface area contributed by atoms with Gasteiger partial charge >= 0.3 is 6.09 Å². The van der Waals surface area contributed by atoms with Crippen molar-refractivity contribution in [3.05, 3.63) is 0 Å². The molecule has 0 radical (unpaired) electrons. The lowest BCUT2D eigenvalue weighted by Crippen LogP contribution is -2.56. The van der Waals surface area contributed by atoms with E-state index in [1.165, 1.54) is 0 Å². The summed E-state index contributed by atoms with van der Waals surface area (Å²) in [6.45, 7) is 14.6. The largest absolute Gasteiger partial charge is 0.444 e. The lowest BCUT2D eigenvalue weighted by Gasteiger charge is -2.37. The number of ether oxygens (including phenoxy) is 1. The molecule has 0 heterocycles. The first-order valence-corrected chi connectivity index (χ1v) is 7.83. The lowest BCUT2D eigenvalue weighted by molar-refractivity contribution is -0.139. The van der Waals surface area contributed by atoms with Crippen LogP contribution in [0, 0.1) is 5.92 Å². The molecule has 0 aromatic rings. The minimum Gasteiger partial charge on any atom is -0.444 e. The van der Waals surface area contributed by atoms with E-state index in [0.717, 1.165) is 0 Å². The van der Waals surface area contributed by atoms with Crippen molar-refractivity contribution in [2.75, 3.05) is 6.61 Å². The highest BCUT2D eigenvalue weighted by atomic mass is 16.6. The van der Waals surface area contributed by atoms with E-state index >= 15 is 0 Å². The molecule has 2 unspecified atom stereocenters. The van der Waals surface area contributed by atoms with Gasteiger partial charge in [-0.1, -0.05) is 13.8 Å². The number of hydrogen-bond donors (Lipinski definition) is 2. The minimum atomic E-state index is -1.00. The van der Waals surface area contributed by atoms with Crippen LogP contribution < -0.4 is 5.32 Å². The average Bonchev–Trinajstić information content (AvgIpc) is 2.32. The first kappa shape index (κ1) is 20.7. The van der Waals surface area contributed by atoms with Crippen LogP contribution in [0.1, 0.15) is 55.4 Å². The van der Waals surface area contributed by atoms with Crippen molar-refractivity contribution in [3.8, 4) is 0 Å². The molecule has 0 bridgehead atoms. The summed E-state index contributed by atoms with van der Waals surface area (Å²) < 4.78 is 5.14. The van der Waals surface area contributed by atoms with Gasteiger partial charge in [0.25, 0.3) is 0 Å². The first-order chi connectivity index (χ1) is 9.90. The van der Waals surface area contributed by atoms with Crippen LogP contribution in [0.4, 0.5) is 4.79 Å². The Morgan fingerprint density at radius 1 is 1.14 bits per heavy atom. The van der Waals surface area contributed by atoms with Crippen LogP contribution in [0.15, 0.2) is 0 Å². The molecule has 130 valence electrons. The number of carbonyl (C=O) groups excluding carboxylic acids is 2. The van der Waals surface area contributed by atoms with Crippen LogP contribution in [0.3, 0.4) is 0 Å². The molecule has 6 nitrogen and oxygen atoms in total. The van der Waals surface area contributed by atoms with E-state index in [1.807, 2.05) is 34.6 Å². The van der Waals surface area contributed by atoms with E-state index in [4.69, 9.17) is 4.74 Å². The van der Waals surface area contributed by atoms with Crippen LogP contribution in [0.5, 0.6) is 0 Å². The molecule has 0 saturated carbocycles. The SMILES string of the molecule is CC(C)C(C)N(C(=O)C(CO)NC(=O)OC(C)(C)C)C(C)C. The van der Waals surface area contributed by atoms with Gasteiger partial charge in [0.1, 0.15) is 11.6 Å². The molecule has 0 spiro atoms. The van der Waals surface area contributed by atoms with Gasteiger partial charge in [-0.25, -0.2) is 4.79 Å². The predicted molar refractivity (Wildman–Crippen MR) is 86.5 cm³/mol. The maximum absolute atomic E-state index is 12.7. The zero-order chi connectivity index (χ0) is 17.7. The summed E-state index contributed by atoms with van der Waals surface area (Å²) in [5.41, 5.74) is -0.657. The summed E-state index contributed by atoms with van der Waals surface area (Å²) in [6, 6.07) is -1.03. The molecule has 2 N–H and O–H groups in total. The highest BCUT2D eigenvalue weighted by Gasteiger charge is 2.32. The highest BCUT2D eigenvalue weighted by Crippen LogP contribution is 2.15. The van der Waals surface area contributed by atoms with E-state index in [2.05, 4.69) is 5.32 Å². The molecular weight excluding hydrogens is 284 g/mol. The number of nitrogens with one attached hydrogen (secondary N) is 1. The maximum Gasteiger partial charge on any atom is 0.408 e. The second-order valence-corrected chi connectivity index (χ2v) is 7.21. The summed E-state index contributed by atoms with van der Waals surface area (Å²) in [4.78, 5) is 26.2. The van der Waals surface area contributed by atoms with Crippen molar-refractivity contribution in [2.24, 2.45) is 5.92 Å². The number of carbonyl (C=O) groups is 2.